The van der Waals surface area contributed by atoms with Crippen LogP contribution in [0.5, 0.6) is 0 Å². The van der Waals surface area contributed by atoms with Crippen molar-refractivity contribution in [2.24, 2.45) is 0 Å². The van der Waals surface area contributed by atoms with Crippen molar-refractivity contribution in [2.45, 2.75) is 26.1 Å². The van der Waals surface area contributed by atoms with Crippen LogP contribution in [0.25, 0.3) is 0 Å². The van der Waals surface area contributed by atoms with Gasteiger partial charge in [0.25, 0.3) is 5.69 Å². The highest BCUT2D eigenvalue weighted by atomic mass is 35.5. The molecule has 0 bridgehead atoms. The summed E-state index contributed by atoms with van der Waals surface area (Å²) in [5, 5.41) is 13.9. The van der Waals surface area contributed by atoms with Gasteiger partial charge in [0.1, 0.15) is 5.69 Å². The number of hydrogen-bond donors (Lipinski definition) is 1. The van der Waals surface area contributed by atoms with Gasteiger partial charge in [-0.3, -0.25) is 19.8 Å². The molecular weight excluding hydrogens is 310 g/mol. The zero-order valence-corrected chi connectivity index (χ0v) is 13.2. The molecule has 1 saturated heterocycles. The third-order valence-electron chi connectivity index (χ3n) is 3.29. The van der Waals surface area contributed by atoms with Crippen LogP contribution in [0.15, 0.2) is 18.2 Å². The number of anilines is 1. The van der Waals surface area contributed by atoms with Crippen LogP contribution in [-0.2, 0) is 9.53 Å². The highest BCUT2D eigenvalue weighted by Gasteiger charge is 2.24. The van der Waals surface area contributed by atoms with Crippen molar-refractivity contribution < 1.29 is 14.5 Å². The van der Waals surface area contributed by atoms with E-state index in [1.165, 1.54) is 18.2 Å². The monoisotopic (exact) mass is 327 g/mol. The Hall–Kier alpha value is -1.70. The van der Waals surface area contributed by atoms with Crippen LogP contribution in [0.2, 0.25) is 5.02 Å². The molecule has 0 aliphatic carbocycles. The van der Waals surface area contributed by atoms with Crippen molar-refractivity contribution >= 4 is 28.9 Å². The van der Waals surface area contributed by atoms with Crippen LogP contribution < -0.4 is 5.32 Å². The van der Waals surface area contributed by atoms with E-state index in [2.05, 4.69) is 5.32 Å². The minimum Gasteiger partial charge on any atom is -0.373 e. The summed E-state index contributed by atoms with van der Waals surface area (Å²) >= 11 is 5.83. The Kier molecular flexibility index (Phi) is 5.33. The number of ether oxygens (including phenoxy) is 1. The van der Waals surface area contributed by atoms with Gasteiger partial charge in [0, 0.05) is 24.2 Å². The molecule has 7 nitrogen and oxygen atoms in total. The van der Waals surface area contributed by atoms with Crippen LogP contribution in [0, 0.1) is 10.1 Å². The summed E-state index contributed by atoms with van der Waals surface area (Å²) in [6.45, 7) is 5.34. The molecule has 0 radical (unpaired) electrons. The van der Waals surface area contributed by atoms with E-state index in [9.17, 15) is 14.9 Å². The maximum atomic E-state index is 12.1. The van der Waals surface area contributed by atoms with E-state index in [-0.39, 0.29) is 36.0 Å². The van der Waals surface area contributed by atoms with Gasteiger partial charge in [0.15, 0.2) is 0 Å². The number of nitrogens with one attached hydrogen (secondary N) is 1. The first-order valence-electron chi connectivity index (χ1n) is 6.96. The largest absolute Gasteiger partial charge is 0.373 e. The second-order valence-electron chi connectivity index (χ2n) is 5.42. The van der Waals surface area contributed by atoms with Gasteiger partial charge in [-0.15, -0.1) is 0 Å². The van der Waals surface area contributed by atoms with Gasteiger partial charge < -0.3 is 10.1 Å². The number of nitro benzene ring substituents is 1. The summed E-state index contributed by atoms with van der Waals surface area (Å²) in [4.78, 5) is 24.5. The molecule has 0 aromatic heterocycles. The SMILES string of the molecule is C[C@@H]1CN(CC(=O)Nc2cc(Cl)ccc2[N+](=O)[O-])C[C@H](C)O1. The third kappa shape index (κ3) is 4.40. The van der Waals surface area contributed by atoms with Crippen molar-refractivity contribution in [1.29, 1.82) is 0 Å². The molecular formula is C14H18ClN3O4. The number of carbonyl (C=O) groups is 1. The number of benzene rings is 1. The average molecular weight is 328 g/mol. The zero-order valence-electron chi connectivity index (χ0n) is 12.4. The minimum atomic E-state index is -0.551. The highest BCUT2D eigenvalue weighted by Crippen LogP contribution is 2.27. The Morgan fingerprint density at radius 3 is 2.68 bits per heavy atom. The average Bonchev–Trinajstić information content (AvgIpc) is 2.36. The summed E-state index contributed by atoms with van der Waals surface area (Å²) in [7, 11) is 0. The van der Waals surface area contributed by atoms with E-state index in [4.69, 9.17) is 16.3 Å². The molecule has 1 aromatic rings. The molecule has 22 heavy (non-hydrogen) atoms. The molecule has 8 heteroatoms. The van der Waals surface area contributed by atoms with Crippen molar-refractivity contribution in [3.63, 3.8) is 0 Å². The van der Waals surface area contributed by atoms with Gasteiger partial charge in [-0.05, 0) is 26.0 Å². The smallest absolute Gasteiger partial charge is 0.292 e. The molecule has 1 aromatic carbocycles. The summed E-state index contributed by atoms with van der Waals surface area (Å²) in [5.74, 6) is -0.313. The van der Waals surface area contributed by atoms with Crippen molar-refractivity contribution in [3.05, 3.63) is 33.3 Å². The zero-order chi connectivity index (χ0) is 16.3. The molecule has 1 heterocycles. The van der Waals surface area contributed by atoms with Gasteiger partial charge >= 0.3 is 0 Å². The van der Waals surface area contributed by atoms with Crippen LogP contribution in [0.4, 0.5) is 11.4 Å². The number of amides is 1. The predicted molar refractivity (Wildman–Crippen MR) is 83.2 cm³/mol. The summed E-state index contributed by atoms with van der Waals surface area (Å²) in [6, 6.07) is 4.07. The number of morpholine rings is 1. The van der Waals surface area contributed by atoms with Crippen LogP contribution >= 0.6 is 11.6 Å². The lowest BCUT2D eigenvalue weighted by molar-refractivity contribution is -0.383. The van der Waals surface area contributed by atoms with Gasteiger partial charge in [0.05, 0.1) is 23.7 Å². The molecule has 1 aliphatic rings. The number of nitrogens with zero attached hydrogens (tertiary/aromatic N) is 2. The summed E-state index contributed by atoms with van der Waals surface area (Å²) in [5.41, 5.74) is -0.0710. The lowest BCUT2D eigenvalue weighted by Gasteiger charge is -2.34. The van der Waals surface area contributed by atoms with Crippen molar-refractivity contribution in [1.82, 2.24) is 4.90 Å². The minimum absolute atomic E-state index is 0.0528. The Bertz CT molecular complexity index is 571. The molecule has 2 atom stereocenters. The van der Waals surface area contributed by atoms with E-state index in [1.807, 2.05) is 18.7 Å². The lowest BCUT2D eigenvalue weighted by atomic mass is 10.2. The van der Waals surface area contributed by atoms with Crippen LogP contribution in [0.3, 0.4) is 0 Å². The fourth-order valence-electron chi connectivity index (χ4n) is 2.57. The molecule has 1 fully saturated rings. The predicted octanol–water partition coefficient (Wildman–Crippen LogP) is 2.30. The second-order valence-corrected chi connectivity index (χ2v) is 5.85. The van der Waals surface area contributed by atoms with Crippen LogP contribution in [0.1, 0.15) is 13.8 Å². The van der Waals surface area contributed by atoms with Crippen molar-refractivity contribution in [2.75, 3.05) is 25.0 Å². The highest BCUT2D eigenvalue weighted by molar-refractivity contribution is 6.31. The molecule has 0 unspecified atom stereocenters. The van der Waals surface area contributed by atoms with Gasteiger partial charge in [-0.1, -0.05) is 11.6 Å². The molecule has 1 aliphatic heterocycles. The number of hydrogen-bond acceptors (Lipinski definition) is 5. The number of halogens is 1. The molecule has 1 amide bonds. The Morgan fingerprint density at radius 2 is 2.09 bits per heavy atom. The fourth-order valence-corrected chi connectivity index (χ4v) is 2.75. The molecule has 120 valence electrons. The first kappa shape index (κ1) is 16.7. The standard InChI is InChI=1S/C14H18ClN3O4/c1-9-6-17(7-10(2)22-9)8-14(19)16-12-5-11(15)3-4-13(12)18(20)21/h3-5,9-10H,6-8H2,1-2H3,(H,16,19)/t9-,10+. The normalized spacial score (nSPS) is 22.3. The number of rotatable bonds is 4. The fraction of sp³-hybridized carbons (Fsp3) is 0.500. The number of carbonyl (C=O) groups excluding carboxylic acids is 1. The Balaban J connectivity index is 2.03. The molecule has 0 saturated carbocycles. The van der Waals surface area contributed by atoms with Crippen molar-refractivity contribution in [3.8, 4) is 0 Å². The van der Waals surface area contributed by atoms with Gasteiger partial charge in [-0.2, -0.15) is 0 Å². The second kappa shape index (κ2) is 7.04. The quantitative estimate of drug-likeness (QED) is 0.677. The maximum Gasteiger partial charge on any atom is 0.292 e. The third-order valence-corrected chi connectivity index (χ3v) is 3.53. The summed E-state index contributed by atoms with van der Waals surface area (Å²) < 4.78 is 5.60. The van der Waals surface area contributed by atoms with E-state index >= 15 is 0 Å². The number of nitro groups is 1. The molecule has 0 spiro atoms. The topological polar surface area (TPSA) is 84.7 Å². The van der Waals surface area contributed by atoms with Gasteiger partial charge in [0.2, 0.25) is 5.91 Å². The maximum absolute atomic E-state index is 12.1. The van der Waals surface area contributed by atoms with Gasteiger partial charge in [-0.25, -0.2) is 0 Å². The van der Waals surface area contributed by atoms with E-state index in [1.54, 1.807) is 0 Å². The van der Waals surface area contributed by atoms with E-state index < -0.39 is 4.92 Å². The van der Waals surface area contributed by atoms with Crippen LogP contribution in [-0.4, -0.2) is 47.6 Å². The van der Waals surface area contributed by atoms with E-state index in [0.717, 1.165) is 0 Å². The summed E-state index contributed by atoms with van der Waals surface area (Å²) in [6.07, 6.45) is 0.106. The first-order valence-corrected chi connectivity index (χ1v) is 7.34. The Morgan fingerprint density at radius 1 is 1.45 bits per heavy atom. The van der Waals surface area contributed by atoms with E-state index in [0.29, 0.717) is 18.1 Å². The molecule has 2 rings (SSSR count). The lowest BCUT2D eigenvalue weighted by Crippen LogP contribution is -2.48. The molecule has 1 N–H and O–H groups in total. The Labute approximate surface area is 133 Å². The first-order chi connectivity index (χ1) is 10.3.